The largest absolute Gasteiger partial charge is 0.493 e. The first-order valence-corrected chi connectivity index (χ1v) is 7.28. The maximum absolute atomic E-state index is 5.09. The molecule has 2 rings (SSSR count). The van der Waals surface area contributed by atoms with Gasteiger partial charge in [-0.05, 0) is 52.9 Å². The van der Waals surface area contributed by atoms with E-state index in [0.29, 0.717) is 0 Å². The smallest absolute Gasteiger partial charge is 0.161 e. The molecule has 5 heteroatoms. The summed E-state index contributed by atoms with van der Waals surface area (Å²) in [6.07, 6.45) is 0. The number of para-hydroxylation sites is 2. The van der Waals surface area contributed by atoms with Gasteiger partial charge in [0.05, 0.1) is 28.4 Å². The monoisotopic (exact) mass is 418 g/mol. The zero-order chi connectivity index (χ0) is 15.7. The Labute approximate surface area is 146 Å². The number of hydrogen-bond donors (Lipinski definition) is 0. The summed E-state index contributed by atoms with van der Waals surface area (Å²) in [5.41, 5.74) is 0. The molecule has 0 amide bonds. The van der Waals surface area contributed by atoms with Crippen LogP contribution in [0.1, 0.15) is 7.43 Å². The second-order valence-electron chi connectivity index (χ2n) is 3.85. The predicted octanol–water partition coefficient (Wildman–Crippen LogP) is 4.65. The summed E-state index contributed by atoms with van der Waals surface area (Å²) in [7, 11) is 6.51. The molecule has 0 fully saturated rings. The normalized spacial score (nSPS) is 8.77. The lowest BCUT2D eigenvalue weighted by atomic mass is 10.3. The molecule has 0 heterocycles. The van der Waals surface area contributed by atoms with Crippen molar-refractivity contribution in [2.45, 2.75) is 7.43 Å². The maximum Gasteiger partial charge on any atom is 0.161 e. The molecule has 0 aromatic heterocycles. The van der Waals surface area contributed by atoms with E-state index in [2.05, 4.69) is 22.6 Å². The highest BCUT2D eigenvalue weighted by Crippen LogP contribution is 2.27. The molecular weight excluding hydrogens is 395 g/mol. The van der Waals surface area contributed by atoms with Crippen molar-refractivity contribution in [2.24, 2.45) is 0 Å². The summed E-state index contributed by atoms with van der Waals surface area (Å²) < 4.78 is 21.3. The highest BCUT2D eigenvalue weighted by molar-refractivity contribution is 14.1. The fraction of sp³-hybridized carbons (Fsp3) is 0.294. The third-order valence-corrected chi connectivity index (χ3v) is 3.31. The number of benzene rings is 2. The van der Waals surface area contributed by atoms with E-state index in [1.54, 1.807) is 28.4 Å². The van der Waals surface area contributed by atoms with Crippen LogP contribution in [-0.4, -0.2) is 28.4 Å². The third-order valence-electron chi connectivity index (χ3n) is 2.63. The molecule has 0 unspecified atom stereocenters. The van der Waals surface area contributed by atoms with E-state index in [1.165, 1.54) is 0 Å². The van der Waals surface area contributed by atoms with Crippen LogP contribution in [0.2, 0.25) is 0 Å². The van der Waals surface area contributed by atoms with Crippen molar-refractivity contribution >= 4 is 22.6 Å². The van der Waals surface area contributed by atoms with Gasteiger partial charge >= 0.3 is 0 Å². The average Bonchev–Trinajstić information content (AvgIpc) is 2.55. The van der Waals surface area contributed by atoms with Crippen LogP contribution in [0, 0.1) is 3.57 Å². The summed E-state index contributed by atoms with van der Waals surface area (Å²) in [5.74, 6) is 3.09. The minimum Gasteiger partial charge on any atom is -0.493 e. The molecule has 2 aromatic carbocycles. The Morgan fingerprint density at radius 3 is 1.45 bits per heavy atom. The van der Waals surface area contributed by atoms with Gasteiger partial charge in [0, 0.05) is 3.57 Å². The van der Waals surface area contributed by atoms with E-state index in [4.69, 9.17) is 18.9 Å². The minimum absolute atomic E-state index is 0. The van der Waals surface area contributed by atoms with Gasteiger partial charge in [-0.3, -0.25) is 0 Å². The second-order valence-corrected chi connectivity index (χ2v) is 5.10. The summed E-state index contributed by atoms with van der Waals surface area (Å²) in [5, 5.41) is 0. The van der Waals surface area contributed by atoms with Crippen molar-refractivity contribution in [3.63, 3.8) is 0 Å². The van der Waals surface area contributed by atoms with Crippen molar-refractivity contribution in [1.82, 2.24) is 0 Å². The van der Waals surface area contributed by atoms with E-state index < -0.39 is 0 Å². The van der Waals surface area contributed by atoms with E-state index in [1.807, 2.05) is 42.5 Å². The number of rotatable bonds is 4. The van der Waals surface area contributed by atoms with E-state index in [0.717, 1.165) is 26.6 Å². The fourth-order valence-corrected chi connectivity index (χ4v) is 2.06. The van der Waals surface area contributed by atoms with Gasteiger partial charge in [0.25, 0.3) is 0 Å². The Balaban J connectivity index is 0.000000385. The maximum atomic E-state index is 5.09. The van der Waals surface area contributed by atoms with Gasteiger partial charge in [-0.2, -0.15) is 0 Å². The molecule has 0 aliphatic heterocycles. The molecule has 0 saturated carbocycles. The van der Waals surface area contributed by atoms with Crippen LogP contribution >= 0.6 is 22.6 Å². The zero-order valence-electron chi connectivity index (χ0n) is 12.6. The van der Waals surface area contributed by atoms with Gasteiger partial charge in [0.1, 0.15) is 0 Å². The van der Waals surface area contributed by atoms with Crippen LogP contribution in [0.4, 0.5) is 0 Å². The molecule has 0 bridgehead atoms. The molecule has 0 spiro atoms. The van der Waals surface area contributed by atoms with Crippen LogP contribution in [0.25, 0.3) is 0 Å². The molecule has 0 atom stereocenters. The van der Waals surface area contributed by atoms with Gasteiger partial charge in [-0.15, -0.1) is 0 Å². The van der Waals surface area contributed by atoms with Crippen LogP contribution in [0.3, 0.4) is 0 Å². The Kier molecular flexibility index (Phi) is 10.2. The van der Waals surface area contributed by atoms with Gasteiger partial charge in [-0.1, -0.05) is 19.6 Å². The lowest BCUT2D eigenvalue weighted by Crippen LogP contribution is -1.89. The molecule has 22 heavy (non-hydrogen) atoms. The molecule has 0 radical (unpaired) electrons. The van der Waals surface area contributed by atoms with Crippen LogP contribution in [0.15, 0.2) is 42.5 Å². The SMILES string of the molecule is C.COc1ccc(I)cc1OC.COc1ccccc1OC. The highest BCUT2D eigenvalue weighted by Gasteiger charge is 2.01. The Bertz CT molecular complexity index is 535. The van der Waals surface area contributed by atoms with Gasteiger partial charge < -0.3 is 18.9 Å². The Hall–Kier alpha value is -1.63. The third kappa shape index (κ3) is 6.01. The first-order valence-electron chi connectivity index (χ1n) is 6.20. The van der Waals surface area contributed by atoms with Crippen LogP contribution in [-0.2, 0) is 0 Å². The van der Waals surface area contributed by atoms with Crippen molar-refractivity contribution < 1.29 is 18.9 Å². The fourth-order valence-electron chi connectivity index (χ4n) is 1.60. The first kappa shape index (κ1) is 20.4. The van der Waals surface area contributed by atoms with Gasteiger partial charge in [0.15, 0.2) is 23.0 Å². The van der Waals surface area contributed by atoms with Gasteiger partial charge in [0.2, 0.25) is 0 Å². The van der Waals surface area contributed by atoms with Crippen molar-refractivity contribution in [2.75, 3.05) is 28.4 Å². The van der Waals surface area contributed by atoms with Crippen molar-refractivity contribution in [1.29, 1.82) is 0 Å². The van der Waals surface area contributed by atoms with Crippen molar-refractivity contribution in [3.8, 4) is 23.0 Å². The summed E-state index contributed by atoms with van der Waals surface area (Å²) >= 11 is 2.23. The zero-order valence-corrected chi connectivity index (χ0v) is 14.7. The quantitative estimate of drug-likeness (QED) is 0.678. The molecule has 0 aliphatic rings. The standard InChI is InChI=1S/C8H9IO2.C8H10O2.CH4/c1-10-7-4-3-6(9)5-8(7)11-2;1-9-7-5-3-4-6-8(7)10-2;/h3-5H,1-2H3;3-6H,1-2H3;1H4. The first-order chi connectivity index (χ1) is 10.2. The molecule has 0 saturated heterocycles. The number of ether oxygens (including phenoxy) is 4. The van der Waals surface area contributed by atoms with Crippen LogP contribution in [0.5, 0.6) is 23.0 Å². The van der Waals surface area contributed by atoms with E-state index in [9.17, 15) is 0 Å². The number of halogens is 1. The molecular formula is C17H23IO4. The van der Waals surface area contributed by atoms with E-state index in [-0.39, 0.29) is 7.43 Å². The summed E-state index contributed by atoms with van der Waals surface area (Å²) in [6.45, 7) is 0. The molecule has 0 aliphatic carbocycles. The molecule has 4 nitrogen and oxygen atoms in total. The van der Waals surface area contributed by atoms with Crippen LogP contribution < -0.4 is 18.9 Å². The lowest BCUT2D eigenvalue weighted by Gasteiger charge is -2.06. The lowest BCUT2D eigenvalue weighted by molar-refractivity contribution is 0.354. The minimum atomic E-state index is 0. The molecule has 0 N–H and O–H groups in total. The summed E-state index contributed by atoms with van der Waals surface area (Å²) in [4.78, 5) is 0. The summed E-state index contributed by atoms with van der Waals surface area (Å²) in [6, 6.07) is 13.3. The molecule has 2 aromatic rings. The number of methoxy groups -OCH3 is 4. The average molecular weight is 418 g/mol. The topological polar surface area (TPSA) is 36.9 Å². The Morgan fingerprint density at radius 2 is 1.05 bits per heavy atom. The van der Waals surface area contributed by atoms with E-state index >= 15 is 0 Å². The van der Waals surface area contributed by atoms with Crippen molar-refractivity contribution in [3.05, 3.63) is 46.0 Å². The predicted molar refractivity (Wildman–Crippen MR) is 98.5 cm³/mol. The van der Waals surface area contributed by atoms with Gasteiger partial charge in [-0.25, -0.2) is 0 Å². The Morgan fingerprint density at radius 1 is 0.636 bits per heavy atom. The second kappa shape index (κ2) is 11.0. The molecule has 122 valence electrons. The number of hydrogen-bond acceptors (Lipinski definition) is 4. The highest BCUT2D eigenvalue weighted by atomic mass is 127.